The van der Waals surface area contributed by atoms with Crippen LogP contribution in [0.1, 0.15) is 25.3 Å². The first-order valence-corrected chi connectivity index (χ1v) is 7.32. The van der Waals surface area contributed by atoms with Crippen LogP contribution in [0.25, 0.3) is 11.0 Å². The van der Waals surface area contributed by atoms with Crippen molar-refractivity contribution in [3.05, 3.63) is 54.1 Å². The van der Waals surface area contributed by atoms with E-state index < -0.39 is 0 Å². The third-order valence-electron chi connectivity index (χ3n) is 3.57. The molecule has 0 fully saturated rings. The molecule has 1 N–H and O–H groups in total. The highest BCUT2D eigenvalue weighted by molar-refractivity contribution is 5.92. The maximum Gasteiger partial charge on any atom is 0.246 e. The number of fused-ring (bicyclic) bond motifs is 1. The van der Waals surface area contributed by atoms with E-state index in [0.29, 0.717) is 5.92 Å². The van der Waals surface area contributed by atoms with Gasteiger partial charge in [-0.1, -0.05) is 49.4 Å². The first kappa shape index (κ1) is 14.3. The molecule has 22 heavy (non-hydrogen) atoms. The smallest absolute Gasteiger partial charge is 0.246 e. The quantitative estimate of drug-likeness (QED) is 0.804. The van der Waals surface area contributed by atoms with Crippen molar-refractivity contribution in [2.45, 2.75) is 26.3 Å². The molecule has 5 nitrogen and oxygen atoms in total. The standard InChI is InChI=1S/C17H18N4O/c1-12(2)13-7-3-4-8-14(13)18-17(22)11-21-16-10-6-5-9-15(16)19-20-21/h3-10,12H,11H2,1-2H3,(H,18,22). The number of para-hydroxylation sites is 2. The van der Waals surface area contributed by atoms with Crippen LogP contribution in [0.4, 0.5) is 5.69 Å². The van der Waals surface area contributed by atoms with Gasteiger partial charge in [-0.25, -0.2) is 4.68 Å². The van der Waals surface area contributed by atoms with E-state index in [1.165, 1.54) is 0 Å². The van der Waals surface area contributed by atoms with E-state index in [9.17, 15) is 4.79 Å². The summed E-state index contributed by atoms with van der Waals surface area (Å²) >= 11 is 0. The summed E-state index contributed by atoms with van der Waals surface area (Å²) in [5.41, 5.74) is 3.62. The molecule has 1 heterocycles. The number of nitrogens with one attached hydrogen (secondary N) is 1. The number of hydrogen-bond acceptors (Lipinski definition) is 3. The predicted molar refractivity (Wildman–Crippen MR) is 86.7 cm³/mol. The van der Waals surface area contributed by atoms with Gasteiger partial charge in [-0.15, -0.1) is 5.10 Å². The number of benzene rings is 2. The summed E-state index contributed by atoms with van der Waals surface area (Å²) in [6, 6.07) is 15.5. The highest BCUT2D eigenvalue weighted by Crippen LogP contribution is 2.23. The van der Waals surface area contributed by atoms with E-state index >= 15 is 0 Å². The Morgan fingerprint density at radius 2 is 1.86 bits per heavy atom. The van der Waals surface area contributed by atoms with Gasteiger partial charge in [0.25, 0.3) is 0 Å². The number of carbonyl (C=O) groups excluding carboxylic acids is 1. The summed E-state index contributed by atoms with van der Waals surface area (Å²) in [7, 11) is 0. The molecule has 0 bridgehead atoms. The Morgan fingerprint density at radius 3 is 2.68 bits per heavy atom. The number of anilines is 1. The molecule has 3 rings (SSSR count). The van der Waals surface area contributed by atoms with Gasteiger partial charge in [0.05, 0.1) is 5.52 Å². The van der Waals surface area contributed by atoms with Gasteiger partial charge < -0.3 is 5.32 Å². The molecule has 5 heteroatoms. The summed E-state index contributed by atoms with van der Waals surface area (Å²) < 4.78 is 1.61. The molecular formula is C17H18N4O. The number of aromatic nitrogens is 3. The minimum Gasteiger partial charge on any atom is -0.324 e. The Hall–Kier alpha value is -2.69. The average Bonchev–Trinajstić information content (AvgIpc) is 2.91. The van der Waals surface area contributed by atoms with Crippen LogP contribution < -0.4 is 5.32 Å². The molecule has 0 aliphatic rings. The van der Waals surface area contributed by atoms with Crippen LogP contribution in [-0.2, 0) is 11.3 Å². The van der Waals surface area contributed by atoms with Crippen LogP contribution in [-0.4, -0.2) is 20.9 Å². The molecule has 0 unspecified atom stereocenters. The summed E-state index contributed by atoms with van der Waals surface area (Å²) in [5, 5.41) is 11.1. The minimum absolute atomic E-state index is 0.108. The lowest BCUT2D eigenvalue weighted by atomic mass is 10.0. The summed E-state index contributed by atoms with van der Waals surface area (Å²) in [6.07, 6.45) is 0. The molecule has 0 radical (unpaired) electrons. The van der Waals surface area contributed by atoms with Crippen molar-refractivity contribution in [1.82, 2.24) is 15.0 Å². The molecule has 0 aliphatic heterocycles. The van der Waals surface area contributed by atoms with Gasteiger partial charge in [-0.05, 0) is 29.7 Å². The Morgan fingerprint density at radius 1 is 1.14 bits per heavy atom. The maximum absolute atomic E-state index is 12.3. The fraction of sp³-hybridized carbons (Fsp3) is 0.235. The Balaban J connectivity index is 1.79. The van der Waals surface area contributed by atoms with E-state index in [1.54, 1.807) is 4.68 Å². The highest BCUT2D eigenvalue weighted by atomic mass is 16.2. The second-order valence-electron chi connectivity index (χ2n) is 5.53. The molecule has 0 spiro atoms. The van der Waals surface area contributed by atoms with E-state index in [0.717, 1.165) is 22.3 Å². The molecule has 2 aromatic carbocycles. The van der Waals surface area contributed by atoms with Gasteiger partial charge in [-0.3, -0.25) is 4.79 Å². The third-order valence-corrected chi connectivity index (χ3v) is 3.57. The van der Waals surface area contributed by atoms with Gasteiger partial charge in [0.2, 0.25) is 5.91 Å². The second-order valence-corrected chi connectivity index (χ2v) is 5.53. The van der Waals surface area contributed by atoms with E-state index in [-0.39, 0.29) is 12.5 Å². The van der Waals surface area contributed by atoms with Crippen LogP contribution in [0.2, 0.25) is 0 Å². The fourth-order valence-electron chi connectivity index (χ4n) is 2.47. The molecule has 1 amide bonds. The number of carbonyl (C=O) groups is 1. The number of amides is 1. The molecule has 3 aromatic rings. The summed E-state index contributed by atoms with van der Waals surface area (Å²) in [5.74, 6) is 0.243. The SMILES string of the molecule is CC(C)c1ccccc1NC(=O)Cn1nnc2ccccc21. The van der Waals surface area contributed by atoms with E-state index in [4.69, 9.17) is 0 Å². The van der Waals surface area contributed by atoms with Crippen LogP contribution in [0.15, 0.2) is 48.5 Å². The molecule has 112 valence electrons. The number of hydrogen-bond donors (Lipinski definition) is 1. The highest BCUT2D eigenvalue weighted by Gasteiger charge is 2.11. The van der Waals surface area contributed by atoms with Crippen LogP contribution in [0, 0.1) is 0 Å². The monoisotopic (exact) mass is 294 g/mol. The van der Waals surface area contributed by atoms with Gasteiger partial charge in [0.15, 0.2) is 0 Å². The van der Waals surface area contributed by atoms with E-state index in [1.807, 2.05) is 48.5 Å². The lowest BCUT2D eigenvalue weighted by molar-refractivity contribution is -0.116. The van der Waals surface area contributed by atoms with Gasteiger partial charge in [0, 0.05) is 5.69 Å². The Labute approximate surface area is 129 Å². The van der Waals surface area contributed by atoms with Gasteiger partial charge in [-0.2, -0.15) is 0 Å². The van der Waals surface area contributed by atoms with Crippen LogP contribution in [0.3, 0.4) is 0 Å². The first-order valence-electron chi connectivity index (χ1n) is 7.32. The number of rotatable bonds is 4. The van der Waals surface area contributed by atoms with Crippen molar-refractivity contribution < 1.29 is 4.79 Å². The topological polar surface area (TPSA) is 59.8 Å². The lowest BCUT2D eigenvalue weighted by Gasteiger charge is -2.13. The molecule has 0 aliphatic carbocycles. The van der Waals surface area contributed by atoms with Gasteiger partial charge >= 0.3 is 0 Å². The lowest BCUT2D eigenvalue weighted by Crippen LogP contribution is -2.20. The second kappa shape index (κ2) is 5.97. The van der Waals surface area contributed by atoms with Crippen molar-refractivity contribution >= 4 is 22.6 Å². The molecule has 1 aromatic heterocycles. The summed E-state index contributed by atoms with van der Waals surface area (Å²) in [6.45, 7) is 4.36. The predicted octanol–water partition coefficient (Wildman–Crippen LogP) is 3.19. The zero-order valence-electron chi connectivity index (χ0n) is 12.7. The van der Waals surface area contributed by atoms with E-state index in [2.05, 4.69) is 29.5 Å². The zero-order valence-corrected chi connectivity index (χ0v) is 12.7. The molecule has 0 saturated heterocycles. The normalized spacial score (nSPS) is 11.0. The average molecular weight is 294 g/mol. The minimum atomic E-state index is -0.108. The molecule has 0 saturated carbocycles. The van der Waals surface area contributed by atoms with Crippen molar-refractivity contribution in [3.63, 3.8) is 0 Å². The van der Waals surface area contributed by atoms with Crippen molar-refractivity contribution in [2.24, 2.45) is 0 Å². The van der Waals surface area contributed by atoms with Crippen molar-refractivity contribution in [2.75, 3.05) is 5.32 Å². The van der Waals surface area contributed by atoms with Crippen LogP contribution >= 0.6 is 0 Å². The van der Waals surface area contributed by atoms with Gasteiger partial charge in [0.1, 0.15) is 12.1 Å². The Bertz CT molecular complexity index is 807. The molecular weight excluding hydrogens is 276 g/mol. The zero-order chi connectivity index (χ0) is 15.5. The first-order chi connectivity index (χ1) is 10.6. The third kappa shape index (κ3) is 2.83. The summed E-state index contributed by atoms with van der Waals surface area (Å²) in [4.78, 5) is 12.3. The van der Waals surface area contributed by atoms with Crippen LogP contribution in [0.5, 0.6) is 0 Å². The Kier molecular flexibility index (Phi) is 3.87. The number of nitrogens with zero attached hydrogens (tertiary/aromatic N) is 3. The van der Waals surface area contributed by atoms with Crippen molar-refractivity contribution in [1.29, 1.82) is 0 Å². The van der Waals surface area contributed by atoms with Crippen molar-refractivity contribution in [3.8, 4) is 0 Å². The fourth-order valence-corrected chi connectivity index (χ4v) is 2.47. The maximum atomic E-state index is 12.3. The largest absolute Gasteiger partial charge is 0.324 e. The molecule has 0 atom stereocenters.